The minimum atomic E-state index is -0.809. The summed E-state index contributed by atoms with van der Waals surface area (Å²) in [7, 11) is 1.65. The summed E-state index contributed by atoms with van der Waals surface area (Å²) in [5.41, 5.74) is 3.55. The van der Waals surface area contributed by atoms with Crippen LogP contribution in [-0.4, -0.2) is 41.7 Å². The number of ether oxygens (including phenoxy) is 3. The largest absolute Gasteiger partial charge is 0.496 e. The molecule has 4 rings (SSSR count). The van der Waals surface area contributed by atoms with E-state index in [-0.39, 0.29) is 18.1 Å². The van der Waals surface area contributed by atoms with Gasteiger partial charge < -0.3 is 14.2 Å². The van der Waals surface area contributed by atoms with Crippen LogP contribution in [0.15, 0.2) is 70.6 Å². The summed E-state index contributed by atoms with van der Waals surface area (Å²) in [4.78, 5) is 30.7. The molecule has 0 fully saturated rings. The molecular formula is C31H33N3O5. The lowest BCUT2D eigenvalue weighted by atomic mass is 9.96. The van der Waals surface area contributed by atoms with Crippen molar-refractivity contribution in [3.63, 3.8) is 0 Å². The number of esters is 1. The van der Waals surface area contributed by atoms with E-state index in [4.69, 9.17) is 19.2 Å². The number of benzene rings is 3. The van der Waals surface area contributed by atoms with Crippen molar-refractivity contribution in [3.8, 4) is 22.9 Å². The van der Waals surface area contributed by atoms with Crippen LogP contribution < -0.4 is 15.0 Å². The Hall–Kier alpha value is -4.46. The fourth-order valence-corrected chi connectivity index (χ4v) is 4.28. The molecule has 1 heterocycles. The van der Waals surface area contributed by atoms with Gasteiger partial charge in [0.25, 0.3) is 5.56 Å². The van der Waals surface area contributed by atoms with Gasteiger partial charge in [-0.25, -0.2) is 9.78 Å². The average molecular weight is 528 g/mol. The van der Waals surface area contributed by atoms with Crippen molar-refractivity contribution in [3.05, 3.63) is 87.7 Å². The Bertz CT molecular complexity index is 1590. The Morgan fingerprint density at radius 1 is 1.05 bits per heavy atom. The van der Waals surface area contributed by atoms with Gasteiger partial charge in [0.2, 0.25) is 0 Å². The first-order valence-corrected chi connectivity index (χ1v) is 12.9. The summed E-state index contributed by atoms with van der Waals surface area (Å²) in [6, 6.07) is 18.3. The van der Waals surface area contributed by atoms with Gasteiger partial charge in [-0.15, -0.1) is 0 Å². The summed E-state index contributed by atoms with van der Waals surface area (Å²) in [6.45, 7) is 9.76. The standard InChI is InChI=1S/C31H33N3O5/c1-7-38-31(36)21(5)39-27-15-11-8-12-22(27)18-32-34-29(33-26-14-10-9-13-23(26)30(34)35)25-17-24(19(2)3)28(37-6)16-20(25)4/h8-19,21H,7H2,1-6H3/t21-/m0/s1. The van der Waals surface area contributed by atoms with Crippen LogP contribution in [0.2, 0.25) is 0 Å². The van der Waals surface area contributed by atoms with Crippen LogP contribution >= 0.6 is 0 Å². The van der Waals surface area contributed by atoms with E-state index in [9.17, 15) is 9.59 Å². The summed E-state index contributed by atoms with van der Waals surface area (Å²) >= 11 is 0. The number of aromatic nitrogens is 2. The van der Waals surface area contributed by atoms with Crippen molar-refractivity contribution in [2.75, 3.05) is 13.7 Å². The summed E-state index contributed by atoms with van der Waals surface area (Å²) < 4.78 is 17.9. The van der Waals surface area contributed by atoms with Crippen molar-refractivity contribution < 1.29 is 19.0 Å². The maximum atomic E-state index is 13.7. The summed E-state index contributed by atoms with van der Waals surface area (Å²) in [5, 5.41) is 5.05. The van der Waals surface area contributed by atoms with Crippen LogP contribution in [0.25, 0.3) is 22.3 Å². The highest BCUT2D eigenvalue weighted by Gasteiger charge is 2.19. The van der Waals surface area contributed by atoms with Crippen LogP contribution in [0.5, 0.6) is 11.5 Å². The maximum Gasteiger partial charge on any atom is 0.347 e. The smallest absolute Gasteiger partial charge is 0.347 e. The lowest BCUT2D eigenvalue weighted by molar-refractivity contribution is -0.150. The number of fused-ring (bicyclic) bond motifs is 1. The van der Waals surface area contributed by atoms with E-state index in [1.54, 1.807) is 51.3 Å². The number of rotatable bonds is 9. The van der Waals surface area contributed by atoms with Crippen LogP contribution in [0.3, 0.4) is 0 Å². The number of nitrogens with zero attached hydrogens (tertiary/aromatic N) is 3. The van der Waals surface area contributed by atoms with E-state index >= 15 is 0 Å². The zero-order chi connectivity index (χ0) is 28.1. The lowest BCUT2D eigenvalue weighted by Crippen LogP contribution is -2.26. The summed E-state index contributed by atoms with van der Waals surface area (Å²) in [5.74, 6) is 1.36. The predicted octanol–water partition coefficient (Wildman–Crippen LogP) is 5.72. The van der Waals surface area contributed by atoms with Crippen LogP contribution in [-0.2, 0) is 9.53 Å². The molecule has 202 valence electrons. The molecule has 0 saturated heterocycles. The van der Waals surface area contributed by atoms with Gasteiger partial charge in [-0.05, 0) is 74.2 Å². The second kappa shape index (κ2) is 11.9. The van der Waals surface area contributed by atoms with Gasteiger partial charge in [0, 0.05) is 11.1 Å². The Kier molecular flexibility index (Phi) is 8.44. The number of carbonyl (C=O) groups excluding carboxylic acids is 1. The molecule has 1 aromatic heterocycles. The highest BCUT2D eigenvalue weighted by Crippen LogP contribution is 2.34. The third-order valence-corrected chi connectivity index (χ3v) is 6.35. The first-order chi connectivity index (χ1) is 18.7. The third-order valence-electron chi connectivity index (χ3n) is 6.35. The van der Waals surface area contributed by atoms with Crippen molar-refractivity contribution in [1.29, 1.82) is 0 Å². The van der Waals surface area contributed by atoms with Gasteiger partial charge in [0.05, 0.1) is 30.8 Å². The van der Waals surface area contributed by atoms with Crippen molar-refractivity contribution in [2.45, 2.75) is 46.6 Å². The number of aryl methyl sites for hydroxylation is 1. The Morgan fingerprint density at radius 3 is 2.49 bits per heavy atom. The van der Waals surface area contributed by atoms with Gasteiger partial charge in [-0.1, -0.05) is 38.1 Å². The first-order valence-electron chi connectivity index (χ1n) is 12.9. The SMILES string of the molecule is CCOC(=O)[C@H](C)Oc1ccccc1C=Nn1c(-c2cc(C(C)C)c(OC)cc2C)nc2ccccc2c1=O. The Morgan fingerprint density at radius 2 is 1.77 bits per heavy atom. The Balaban J connectivity index is 1.87. The zero-order valence-corrected chi connectivity index (χ0v) is 23.1. The molecule has 0 N–H and O–H groups in total. The molecule has 1 atom stereocenters. The molecule has 0 amide bonds. The molecule has 39 heavy (non-hydrogen) atoms. The molecule has 8 heteroatoms. The molecule has 8 nitrogen and oxygen atoms in total. The van der Waals surface area contributed by atoms with E-state index < -0.39 is 12.1 Å². The van der Waals surface area contributed by atoms with E-state index in [1.165, 1.54) is 10.9 Å². The zero-order valence-electron chi connectivity index (χ0n) is 23.1. The molecule has 0 bridgehead atoms. The normalized spacial score (nSPS) is 12.2. The minimum Gasteiger partial charge on any atom is -0.496 e. The fraction of sp³-hybridized carbons (Fsp3) is 0.290. The monoisotopic (exact) mass is 527 g/mol. The minimum absolute atomic E-state index is 0.189. The van der Waals surface area contributed by atoms with E-state index in [0.717, 1.165) is 22.4 Å². The van der Waals surface area contributed by atoms with E-state index in [2.05, 4.69) is 18.9 Å². The molecule has 0 radical (unpaired) electrons. The van der Waals surface area contributed by atoms with Crippen LogP contribution in [0.4, 0.5) is 0 Å². The molecule has 4 aromatic rings. The topological polar surface area (TPSA) is 92.0 Å². The van der Waals surface area contributed by atoms with Gasteiger partial charge in [-0.3, -0.25) is 4.79 Å². The first kappa shape index (κ1) is 27.6. The van der Waals surface area contributed by atoms with E-state index in [1.807, 2.05) is 37.3 Å². The van der Waals surface area contributed by atoms with Crippen LogP contribution in [0, 0.1) is 6.92 Å². The van der Waals surface area contributed by atoms with Crippen molar-refractivity contribution >= 4 is 23.1 Å². The maximum absolute atomic E-state index is 13.7. The predicted molar refractivity (Wildman–Crippen MR) is 153 cm³/mol. The molecular weight excluding hydrogens is 494 g/mol. The summed E-state index contributed by atoms with van der Waals surface area (Å²) in [6.07, 6.45) is 0.730. The van der Waals surface area contributed by atoms with Gasteiger partial charge in [0.15, 0.2) is 11.9 Å². The van der Waals surface area contributed by atoms with Crippen molar-refractivity contribution in [2.24, 2.45) is 5.10 Å². The number of hydrogen-bond donors (Lipinski definition) is 0. The second-order valence-electron chi connectivity index (χ2n) is 9.43. The van der Waals surface area contributed by atoms with Gasteiger partial charge in [0.1, 0.15) is 11.5 Å². The number of hydrogen-bond acceptors (Lipinski definition) is 7. The molecule has 0 aliphatic carbocycles. The molecule has 0 spiro atoms. The average Bonchev–Trinajstić information content (AvgIpc) is 2.93. The van der Waals surface area contributed by atoms with E-state index in [0.29, 0.717) is 28.0 Å². The molecule has 0 unspecified atom stereocenters. The molecule has 0 aliphatic heterocycles. The molecule has 3 aromatic carbocycles. The number of carbonyl (C=O) groups is 1. The number of methoxy groups -OCH3 is 1. The highest BCUT2D eigenvalue weighted by atomic mass is 16.6. The van der Waals surface area contributed by atoms with Gasteiger partial charge in [-0.2, -0.15) is 9.78 Å². The van der Waals surface area contributed by atoms with Crippen LogP contribution in [0.1, 0.15) is 50.3 Å². The molecule has 0 aliphatic rings. The fourth-order valence-electron chi connectivity index (χ4n) is 4.28. The quantitative estimate of drug-likeness (QED) is 0.204. The lowest BCUT2D eigenvalue weighted by Gasteiger charge is -2.17. The molecule has 0 saturated carbocycles. The Labute approximate surface area is 227 Å². The van der Waals surface area contributed by atoms with Crippen molar-refractivity contribution in [1.82, 2.24) is 9.66 Å². The van der Waals surface area contributed by atoms with Gasteiger partial charge >= 0.3 is 5.97 Å². The number of para-hydroxylation sites is 2. The highest BCUT2D eigenvalue weighted by molar-refractivity contribution is 5.85. The third kappa shape index (κ3) is 5.85. The second-order valence-corrected chi connectivity index (χ2v) is 9.43.